The van der Waals surface area contributed by atoms with Crippen LogP contribution in [-0.2, 0) is 19.5 Å². The summed E-state index contributed by atoms with van der Waals surface area (Å²) in [5.74, 6) is 1.02. The van der Waals surface area contributed by atoms with Crippen molar-refractivity contribution in [3.8, 4) is 0 Å². The maximum absolute atomic E-state index is 4.58. The highest BCUT2D eigenvalue weighted by atomic mass is 15.0. The van der Waals surface area contributed by atoms with E-state index in [1.807, 2.05) is 0 Å². The summed E-state index contributed by atoms with van der Waals surface area (Å²) in [5.41, 5.74) is 3.68. The zero-order valence-electron chi connectivity index (χ0n) is 8.93. The van der Waals surface area contributed by atoms with Crippen LogP contribution in [0.4, 0.5) is 0 Å². The summed E-state index contributed by atoms with van der Waals surface area (Å²) in [7, 11) is 0. The quantitative estimate of drug-likeness (QED) is 0.790. The van der Waals surface area contributed by atoms with E-state index < -0.39 is 0 Å². The lowest BCUT2D eigenvalue weighted by molar-refractivity contribution is 0.734. The maximum atomic E-state index is 4.58. The Labute approximate surface area is 85.0 Å². The fourth-order valence-corrected chi connectivity index (χ4v) is 1.85. The third kappa shape index (κ3) is 1.77. The molecule has 2 rings (SSSR count). The molecule has 0 spiro atoms. The van der Waals surface area contributed by atoms with Crippen molar-refractivity contribution in [1.82, 2.24) is 15.3 Å². The van der Waals surface area contributed by atoms with Crippen LogP contribution in [0.3, 0.4) is 0 Å². The molecule has 0 bridgehead atoms. The summed E-state index contributed by atoms with van der Waals surface area (Å²) in [6.07, 6.45) is 3.41. The number of unbranched alkanes of at least 4 members (excludes halogenated alkanes) is 1. The van der Waals surface area contributed by atoms with Crippen molar-refractivity contribution >= 4 is 0 Å². The van der Waals surface area contributed by atoms with Crippen LogP contribution in [0.1, 0.15) is 42.5 Å². The number of nitrogens with one attached hydrogen (secondary N) is 1. The molecule has 14 heavy (non-hydrogen) atoms. The summed E-state index contributed by atoms with van der Waals surface area (Å²) in [4.78, 5) is 9.11. The van der Waals surface area contributed by atoms with Gasteiger partial charge in [-0.2, -0.15) is 0 Å². The van der Waals surface area contributed by atoms with E-state index in [4.69, 9.17) is 0 Å². The number of fused-ring (bicyclic) bond motifs is 1. The van der Waals surface area contributed by atoms with Crippen molar-refractivity contribution in [2.45, 2.75) is 46.2 Å². The topological polar surface area (TPSA) is 37.8 Å². The third-order valence-corrected chi connectivity index (χ3v) is 2.69. The van der Waals surface area contributed by atoms with E-state index in [-0.39, 0.29) is 0 Å². The van der Waals surface area contributed by atoms with Crippen LogP contribution in [0.5, 0.6) is 0 Å². The number of aromatic nitrogens is 2. The van der Waals surface area contributed by atoms with Gasteiger partial charge in [-0.15, -0.1) is 0 Å². The molecule has 0 unspecified atom stereocenters. The second-order valence-electron chi connectivity index (χ2n) is 3.86. The van der Waals surface area contributed by atoms with E-state index >= 15 is 0 Å². The first-order chi connectivity index (χ1) is 6.81. The number of nitrogens with zero attached hydrogens (tertiary/aromatic N) is 2. The Morgan fingerprint density at radius 1 is 1.29 bits per heavy atom. The Kier molecular flexibility index (Phi) is 2.77. The van der Waals surface area contributed by atoms with Gasteiger partial charge in [0.2, 0.25) is 0 Å². The highest BCUT2D eigenvalue weighted by molar-refractivity contribution is 5.28. The second-order valence-corrected chi connectivity index (χ2v) is 3.86. The van der Waals surface area contributed by atoms with E-state index in [1.54, 1.807) is 0 Å². The van der Waals surface area contributed by atoms with Crippen LogP contribution in [0.2, 0.25) is 0 Å². The molecule has 3 nitrogen and oxygen atoms in total. The minimum atomic E-state index is 0.915. The Morgan fingerprint density at radius 3 is 2.93 bits per heavy atom. The van der Waals surface area contributed by atoms with Gasteiger partial charge in [0.15, 0.2) is 0 Å². The summed E-state index contributed by atoms with van der Waals surface area (Å²) in [6, 6.07) is 0. The molecule has 1 aromatic heterocycles. The Bertz CT molecular complexity index is 334. The van der Waals surface area contributed by atoms with Crippen LogP contribution in [0, 0.1) is 6.92 Å². The fraction of sp³-hybridized carbons (Fsp3) is 0.636. The summed E-state index contributed by atoms with van der Waals surface area (Å²) in [6.45, 7) is 6.14. The van der Waals surface area contributed by atoms with Crippen molar-refractivity contribution in [3.63, 3.8) is 0 Å². The molecular weight excluding hydrogens is 174 g/mol. The Hall–Kier alpha value is -0.960. The van der Waals surface area contributed by atoms with Crippen LogP contribution in [0.25, 0.3) is 0 Å². The summed E-state index contributed by atoms with van der Waals surface area (Å²) < 4.78 is 0. The van der Waals surface area contributed by atoms with Gasteiger partial charge in [0, 0.05) is 30.8 Å². The summed E-state index contributed by atoms with van der Waals surface area (Å²) in [5, 5.41) is 3.31. The van der Waals surface area contributed by atoms with Gasteiger partial charge in [0.1, 0.15) is 5.82 Å². The highest BCUT2D eigenvalue weighted by Gasteiger charge is 2.15. The first kappa shape index (κ1) is 9.59. The van der Waals surface area contributed by atoms with Crippen molar-refractivity contribution < 1.29 is 0 Å². The van der Waals surface area contributed by atoms with E-state index in [9.17, 15) is 0 Å². The van der Waals surface area contributed by atoms with Gasteiger partial charge in [-0.25, -0.2) is 9.97 Å². The zero-order valence-corrected chi connectivity index (χ0v) is 8.93. The predicted molar refractivity (Wildman–Crippen MR) is 55.9 cm³/mol. The molecule has 1 aliphatic heterocycles. The van der Waals surface area contributed by atoms with Crippen LogP contribution in [-0.4, -0.2) is 9.97 Å². The lowest BCUT2D eigenvalue weighted by Gasteiger charge is -2.05. The minimum absolute atomic E-state index is 0.915. The SMILES string of the molecule is CCCCc1nc(C)c2c(n1)CNC2. The molecule has 0 atom stereocenters. The smallest absolute Gasteiger partial charge is 0.128 e. The Morgan fingerprint density at radius 2 is 2.14 bits per heavy atom. The van der Waals surface area contributed by atoms with E-state index in [0.29, 0.717) is 0 Å². The van der Waals surface area contributed by atoms with Crippen molar-refractivity contribution in [2.75, 3.05) is 0 Å². The average molecular weight is 191 g/mol. The van der Waals surface area contributed by atoms with Gasteiger partial charge >= 0.3 is 0 Å². The van der Waals surface area contributed by atoms with Gasteiger partial charge in [-0.05, 0) is 13.3 Å². The van der Waals surface area contributed by atoms with Crippen molar-refractivity contribution in [1.29, 1.82) is 0 Å². The van der Waals surface area contributed by atoms with Crippen LogP contribution in [0.15, 0.2) is 0 Å². The molecular formula is C11H17N3. The first-order valence-electron chi connectivity index (χ1n) is 5.37. The minimum Gasteiger partial charge on any atom is -0.307 e. The monoisotopic (exact) mass is 191 g/mol. The molecule has 1 aromatic rings. The average Bonchev–Trinajstić information content (AvgIpc) is 2.63. The highest BCUT2D eigenvalue weighted by Crippen LogP contribution is 2.16. The van der Waals surface area contributed by atoms with Gasteiger partial charge in [-0.3, -0.25) is 0 Å². The molecule has 0 amide bonds. The number of aryl methyl sites for hydroxylation is 2. The van der Waals surface area contributed by atoms with Gasteiger partial charge in [0.25, 0.3) is 0 Å². The molecule has 76 valence electrons. The standard InChI is InChI=1S/C11H17N3/c1-3-4-5-11-13-8(2)9-6-12-7-10(9)14-11/h12H,3-7H2,1-2H3. The lowest BCUT2D eigenvalue weighted by Crippen LogP contribution is -2.03. The van der Waals surface area contributed by atoms with E-state index in [2.05, 4.69) is 29.1 Å². The molecule has 2 heterocycles. The largest absolute Gasteiger partial charge is 0.307 e. The molecule has 0 radical (unpaired) electrons. The van der Waals surface area contributed by atoms with E-state index in [0.717, 1.165) is 31.0 Å². The summed E-state index contributed by atoms with van der Waals surface area (Å²) >= 11 is 0. The van der Waals surface area contributed by atoms with Crippen molar-refractivity contribution in [3.05, 3.63) is 22.8 Å². The van der Waals surface area contributed by atoms with E-state index in [1.165, 1.54) is 24.1 Å². The Balaban J connectivity index is 2.23. The normalized spacial score (nSPS) is 14.4. The van der Waals surface area contributed by atoms with Crippen molar-refractivity contribution in [2.24, 2.45) is 0 Å². The molecule has 3 heteroatoms. The zero-order chi connectivity index (χ0) is 9.97. The fourth-order valence-electron chi connectivity index (χ4n) is 1.85. The van der Waals surface area contributed by atoms with Gasteiger partial charge < -0.3 is 5.32 Å². The molecule has 0 saturated carbocycles. The molecule has 0 saturated heterocycles. The van der Waals surface area contributed by atoms with Gasteiger partial charge in [-0.1, -0.05) is 13.3 Å². The molecule has 0 aliphatic carbocycles. The van der Waals surface area contributed by atoms with Crippen LogP contribution < -0.4 is 5.32 Å². The van der Waals surface area contributed by atoms with Crippen LogP contribution >= 0.6 is 0 Å². The molecule has 1 N–H and O–H groups in total. The maximum Gasteiger partial charge on any atom is 0.128 e. The first-order valence-corrected chi connectivity index (χ1v) is 5.37. The predicted octanol–water partition coefficient (Wildman–Crippen LogP) is 1.73. The lowest BCUT2D eigenvalue weighted by atomic mass is 10.2. The van der Waals surface area contributed by atoms with Gasteiger partial charge in [0.05, 0.1) is 5.69 Å². The number of hydrogen-bond donors (Lipinski definition) is 1. The second kappa shape index (κ2) is 4.05. The molecule has 0 fully saturated rings. The number of hydrogen-bond acceptors (Lipinski definition) is 3. The third-order valence-electron chi connectivity index (χ3n) is 2.69. The molecule has 1 aliphatic rings. The molecule has 0 aromatic carbocycles. The number of rotatable bonds is 3.